The van der Waals surface area contributed by atoms with Crippen molar-refractivity contribution in [2.45, 2.75) is 11.3 Å². The van der Waals surface area contributed by atoms with E-state index in [1.165, 1.54) is 24.3 Å². The van der Waals surface area contributed by atoms with E-state index < -0.39 is 15.9 Å². The highest BCUT2D eigenvalue weighted by Crippen LogP contribution is 2.17. The molecule has 2 aromatic carbocycles. The van der Waals surface area contributed by atoms with Crippen LogP contribution in [0, 0.1) is 11.3 Å². The lowest BCUT2D eigenvalue weighted by molar-refractivity contribution is -0.117. The number of nitrogens with one attached hydrogen (secondary N) is 1. The summed E-state index contributed by atoms with van der Waals surface area (Å²) in [5.41, 5.74) is 6.55. The van der Waals surface area contributed by atoms with Crippen LogP contribution in [0.25, 0.3) is 0 Å². The standard InChI is InChI=1S/C15H13N3O3S/c16-10-12-3-7-14(8-4-12)22(20,21)18-13-5-1-11(2-6-13)9-15(17)19/h1-8,18H,9H2,(H2,17,19). The molecule has 7 heteroatoms. The highest BCUT2D eigenvalue weighted by molar-refractivity contribution is 7.92. The van der Waals surface area contributed by atoms with Crippen LogP contribution in [-0.4, -0.2) is 14.3 Å². The average Bonchev–Trinajstić information content (AvgIpc) is 2.48. The van der Waals surface area contributed by atoms with E-state index in [2.05, 4.69) is 4.72 Å². The Balaban J connectivity index is 2.17. The number of hydrogen-bond acceptors (Lipinski definition) is 4. The predicted octanol–water partition coefficient (Wildman–Crippen LogP) is 1.39. The summed E-state index contributed by atoms with van der Waals surface area (Å²) in [6.45, 7) is 0. The predicted molar refractivity (Wildman–Crippen MR) is 81.3 cm³/mol. The van der Waals surface area contributed by atoms with Crippen LogP contribution in [0.3, 0.4) is 0 Å². The largest absolute Gasteiger partial charge is 0.369 e. The summed E-state index contributed by atoms with van der Waals surface area (Å²) in [6, 6.07) is 13.9. The van der Waals surface area contributed by atoms with Gasteiger partial charge in [-0.05, 0) is 42.0 Å². The van der Waals surface area contributed by atoms with Crippen molar-refractivity contribution in [3.8, 4) is 6.07 Å². The third kappa shape index (κ3) is 3.84. The van der Waals surface area contributed by atoms with Crippen LogP contribution in [0.4, 0.5) is 5.69 Å². The molecule has 6 nitrogen and oxygen atoms in total. The van der Waals surface area contributed by atoms with Crippen molar-refractivity contribution in [3.63, 3.8) is 0 Å². The van der Waals surface area contributed by atoms with Gasteiger partial charge in [0, 0.05) is 5.69 Å². The fourth-order valence-corrected chi connectivity index (χ4v) is 2.87. The Kier molecular flexibility index (Phi) is 4.44. The van der Waals surface area contributed by atoms with Gasteiger partial charge in [0.1, 0.15) is 0 Å². The average molecular weight is 315 g/mol. The van der Waals surface area contributed by atoms with E-state index in [0.717, 1.165) is 0 Å². The molecule has 22 heavy (non-hydrogen) atoms. The number of carbonyl (C=O) groups is 1. The van der Waals surface area contributed by atoms with E-state index in [1.54, 1.807) is 24.3 Å². The van der Waals surface area contributed by atoms with E-state index in [4.69, 9.17) is 11.0 Å². The molecular weight excluding hydrogens is 302 g/mol. The fraction of sp³-hybridized carbons (Fsp3) is 0.0667. The minimum absolute atomic E-state index is 0.0627. The van der Waals surface area contributed by atoms with Crippen molar-refractivity contribution in [3.05, 3.63) is 59.7 Å². The number of carbonyl (C=O) groups excluding carboxylic acids is 1. The first-order valence-electron chi connectivity index (χ1n) is 6.31. The quantitative estimate of drug-likeness (QED) is 0.867. The van der Waals surface area contributed by atoms with E-state index in [1.807, 2.05) is 6.07 Å². The van der Waals surface area contributed by atoms with Crippen molar-refractivity contribution >= 4 is 21.6 Å². The molecule has 0 saturated carbocycles. The molecule has 0 heterocycles. The number of amides is 1. The first-order valence-corrected chi connectivity index (χ1v) is 7.79. The zero-order valence-corrected chi connectivity index (χ0v) is 12.3. The number of benzene rings is 2. The molecule has 0 atom stereocenters. The number of rotatable bonds is 5. The SMILES string of the molecule is N#Cc1ccc(S(=O)(=O)Nc2ccc(CC(N)=O)cc2)cc1. The van der Waals surface area contributed by atoms with E-state index in [9.17, 15) is 13.2 Å². The van der Waals surface area contributed by atoms with Crippen molar-refractivity contribution in [2.24, 2.45) is 5.73 Å². The van der Waals surface area contributed by atoms with Gasteiger partial charge in [-0.15, -0.1) is 0 Å². The summed E-state index contributed by atoms with van der Waals surface area (Å²) in [5, 5.41) is 8.71. The second-order valence-corrected chi connectivity index (χ2v) is 6.26. The Labute approximate surface area is 128 Å². The maximum Gasteiger partial charge on any atom is 0.261 e. The van der Waals surface area contributed by atoms with Gasteiger partial charge in [0.2, 0.25) is 5.91 Å². The second-order valence-electron chi connectivity index (χ2n) is 4.58. The topological polar surface area (TPSA) is 113 Å². The van der Waals surface area contributed by atoms with Gasteiger partial charge in [0.05, 0.1) is 22.9 Å². The molecule has 0 spiro atoms. The smallest absolute Gasteiger partial charge is 0.261 e. The van der Waals surface area contributed by atoms with Crippen LogP contribution >= 0.6 is 0 Å². The first kappa shape index (κ1) is 15.5. The van der Waals surface area contributed by atoms with Gasteiger partial charge in [-0.2, -0.15) is 5.26 Å². The third-order valence-electron chi connectivity index (χ3n) is 2.88. The van der Waals surface area contributed by atoms with Crippen molar-refractivity contribution in [2.75, 3.05) is 4.72 Å². The number of nitrogens with two attached hydrogens (primary N) is 1. The lowest BCUT2D eigenvalue weighted by Gasteiger charge is -2.08. The van der Waals surface area contributed by atoms with Crippen LogP contribution in [0.15, 0.2) is 53.4 Å². The summed E-state index contributed by atoms with van der Waals surface area (Å²) in [7, 11) is -3.73. The van der Waals surface area contributed by atoms with E-state index in [0.29, 0.717) is 16.8 Å². The Morgan fingerprint density at radius 1 is 1.09 bits per heavy atom. The molecule has 0 aliphatic rings. The molecule has 0 aliphatic heterocycles. The van der Waals surface area contributed by atoms with Crippen molar-refractivity contribution in [1.82, 2.24) is 0 Å². The van der Waals surface area contributed by atoms with Crippen LogP contribution in [0.5, 0.6) is 0 Å². The van der Waals surface area contributed by atoms with E-state index >= 15 is 0 Å². The van der Waals surface area contributed by atoms with Gasteiger partial charge >= 0.3 is 0 Å². The summed E-state index contributed by atoms with van der Waals surface area (Å²) in [4.78, 5) is 10.9. The fourth-order valence-electron chi connectivity index (χ4n) is 1.81. The minimum Gasteiger partial charge on any atom is -0.369 e. The summed E-state index contributed by atoms with van der Waals surface area (Å²) in [6.07, 6.45) is 0.0999. The minimum atomic E-state index is -3.73. The number of primary amides is 1. The first-order chi connectivity index (χ1) is 10.4. The highest BCUT2D eigenvalue weighted by Gasteiger charge is 2.14. The zero-order valence-electron chi connectivity index (χ0n) is 11.5. The normalized spacial score (nSPS) is 10.7. The van der Waals surface area contributed by atoms with Crippen LogP contribution in [0.2, 0.25) is 0 Å². The molecule has 0 unspecified atom stereocenters. The highest BCUT2D eigenvalue weighted by atomic mass is 32.2. The van der Waals surface area contributed by atoms with Gasteiger partial charge < -0.3 is 5.73 Å². The van der Waals surface area contributed by atoms with Gasteiger partial charge in [-0.25, -0.2) is 8.42 Å². The van der Waals surface area contributed by atoms with Crippen LogP contribution in [-0.2, 0) is 21.2 Å². The Bertz CT molecular complexity index is 820. The molecule has 1 amide bonds. The number of nitriles is 1. The maximum absolute atomic E-state index is 12.2. The molecule has 3 N–H and O–H groups in total. The second kappa shape index (κ2) is 6.28. The summed E-state index contributed by atoms with van der Waals surface area (Å²) >= 11 is 0. The molecule has 2 rings (SSSR count). The van der Waals surface area contributed by atoms with Gasteiger partial charge in [0.15, 0.2) is 0 Å². The van der Waals surface area contributed by atoms with Gasteiger partial charge in [-0.3, -0.25) is 9.52 Å². The molecule has 0 radical (unpaired) electrons. The molecule has 0 aliphatic carbocycles. The molecular formula is C15H13N3O3S. The van der Waals surface area contributed by atoms with E-state index in [-0.39, 0.29) is 11.3 Å². The lowest BCUT2D eigenvalue weighted by atomic mass is 10.1. The summed E-state index contributed by atoms with van der Waals surface area (Å²) in [5.74, 6) is -0.453. The molecule has 0 aromatic heterocycles. The lowest BCUT2D eigenvalue weighted by Crippen LogP contribution is -2.14. The molecule has 2 aromatic rings. The van der Waals surface area contributed by atoms with Gasteiger partial charge in [-0.1, -0.05) is 12.1 Å². The summed E-state index contributed by atoms with van der Waals surface area (Å²) < 4.78 is 26.8. The number of hydrogen-bond donors (Lipinski definition) is 2. The Morgan fingerprint density at radius 3 is 2.18 bits per heavy atom. The molecule has 112 valence electrons. The maximum atomic E-state index is 12.2. The zero-order chi connectivity index (χ0) is 16.2. The number of sulfonamides is 1. The van der Waals surface area contributed by atoms with Gasteiger partial charge in [0.25, 0.3) is 10.0 Å². The number of nitrogens with zero attached hydrogens (tertiary/aromatic N) is 1. The molecule has 0 fully saturated rings. The van der Waals surface area contributed by atoms with Crippen LogP contribution < -0.4 is 10.5 Å². The third-order valence-corrected chi connectivity index (χ3v) is 4.28. The Hall–Kier alpha value is -2.85. The van der Waals surface area contributed by atoms with Crippen molar-refractivity contribution in [1.29, 1.82) is 5.26 Å². The molecule has 0 saturated heterocycles. The molecule has 0 bridgehead atoms. The van der Waals surface area contributed by atoms with Crippen molar-refractivity contribution < 1.29 is 13.2 Å². The van der Waals surface area contributed by atoms with Crippen LogP contribution in [0.1, 0.15) is 11.1 Å². The monoisotopic (exact) mass is 315 g/mol. The Morgan fingerprint density at radius 2 is 1.68 bits per heavy atom. The number of anilines is 1.